The highest BCUT2D eigenvalue weighted by Crippen LogP contribution is 2.29. The first kappa shape index (κ1) is 28.5. The Bertz CT molecular complexity index is 1210. The van der Waals surface area contributed by atoms with Crippen LogP contribution in [0.3, 0.4) is 0 Å². The molecule has 208 valence electrons. The molecule has 10 heteroatoms. The number of rotatable bonds is 12. The topological polar surface area (TPSA) is 108 Å². The predicted molar refractivity (Wildman–Crippen MR) is 153 cm³/mol. The molecule has 1 aliphatic heterocycles. The standard InChI is InChI=1S/C29H37N5O4S/c1-20(8-12-30-29(37)28-21(2)31-19-32-22(28)3)33-13-9-25(10-14-33)34(16-23-11-15-39-18-23)24-4-6-26(7-5-24)38-17-27(35)36/h4-7,11,15,18-20,25H,8-10,12-14,16-17H2,1-3H3,(H,30,37)(H,35,36). The summed E-state index contributed by atoms with van der Waals surface area (Å²) in [4.78, 5) is 36.8. The number of aromatic nitrogens is 2. The van der Waals surface area contributed by atoms with Crippen LogP contribution >= 0.6 is 11.3 Å². The second kappa shape index (κ2) is 13.5. The van der Waals surface area contributed by atoms with Crippen molar-refractivity contribution in [1.82, 2.24) is 20.2 Å². The molecule has 2 N–H and O–H groups in total. The van der Waals surface area contributed by atoms with E-state index in [0.717, 1.165) is 44.6 Å². The molecule has 1 aliphatic rings. The molecule has 1 fully saturated rings. The van der Waals surface area contributed by atoms with Gasteiger partial charge in [0, 0.05) is 44.0 Å². The number of likely N-dealkylation sites (tertiary alicyclic amines) is 1. The van der Waals surface area contributed by atoms with Gasteiger partial charge in [-0.25, -0.2) is 14.8 Å². The highest BCUT2D eigenvalue weighted by molar-refractivity contribution is 7.07. The van der Waals surface area contributed by atoms with Crippen molar-refractivity contribution in [2.24, 2.45) is 0 Å². The van der Waals surface area contributed by atoms with E-state index >= 15 is 0 Å². The summed E-state index contributed by atoms with van der Waals surface area (Å²) in [5.74, 6) is -0.546. The molecule has 0 saturated carbocycles. The number of aryl methyl sites for hydroxylation is 2. The van der Waals surface area contributed by atoms with Gasteiger partial charge in [-0.2, -0.15) is 11.3 Å². The number of benzene rings is 1. The number of carbonyl (C=O) groups is 2. The minimum atomic E-state index is -0.988. The largest absolute Gasteiger partial charge is 0.482 e. The molecular weight excluding hydrogens is 514 g/mol. The van der Waals surface area contributed by atoms with Crippen molar-refractivity contribution < 1.29 is 19.4 Å². The lowest BCUT2D eigenvalue weighted by Crippen LogP contribution is -2.48. The Morgan fingerprint density at radius 3 is 2.46 bits per heavy atom. The zero-order chi connectivity index (χ0) is 27.8. The van der Waals surface area contributed by atoms with Crippen molar-refractivity contribution in [3.63, 3.8) is 0 Å². The van der Waals surface area contributed by atoms with Crippen LogP contribution in [0, 0.1) is 13.8 Å². The fourth-order valence-electron chi connectivity index (χ4n) is 5.11. The molecule has 2 aromatic heterocycles. The number of hydrogen-bond acceptors (Lipinski definition) is 8. The summed E-state index contributed by atoms with van der Waals surface area (Å²) in [7, 11) is 0. The lowest BCUT2D eigenvalue weighted by molar-refractivity contribution is -0.139. The summed E-state index contributed by atoms with van der Waals surface area (Å²) >= 11 is 1.70. The average Bonchev–Trinajstić information content (AvgIpc) is 3.44. The molecule has 3 heterocycles. The number of piperidine rings is 1. The maximum atomic E-state index is 12.7. The molecule has 1 atom stereocenters. The van der Waals surface area contributed by atoms with Crippen molar-refractivity contribution in [1.29, 1.82) is 0 Å². The van der Waals surface area contributed by atoms with E-state index in [-0.39, 0.29) is 12.5 Å². The Balaban J connectivity index is 1.31. The van der Waals surface area contributed by atoms with Crippen molar-refractivity contribution in [2.45, 2.75) is 58.7 Å². The Morgan fingerprint density at radius 2 is 1.85 bits per heavy atom. The number of carboxylic acid groups (broad SMARTS) is 1. The second-order valence-electron chi connectivity index (χ2n) is 10.0. The number of carbonyl (C=O) groups excluding carboxylic acids is 1. The zero-order valence-corrected chi connectivity index (χ0v) is 23.6. The van der Waals surface area contributed by atoms with Crippen LogP contribution in [0.2, 0.25) is 0 Å². The minimum Gasteiger partial charge on any atom is -0.482 e. The van der Waals surface area contributed by atoms with Crippen LogP contribution in [0.25, 0.3) is 0 Å². The Morgan fingerprint density at radius 1 is 1.15 bits per heavy atom. The van der Waals surface area contributed by atoms with Gasteiger partial charge in [0.15, 0.2) is 6.61 Å². The molecule has 9 nitrogen and oxygen atoms in total. The minimum absolute atomic E-state index is 0.111. The summed E-state index contributed by atoms with van der Waals surface area (Å²) in [6.07, 6.45) is 4.44. The number of amides is 1. The van der Waals surface area contributed by atoms with Gasteiger partial charge in [0.25, 0.3) is 5.91 Å². The van der Waals surface area contributed by atoms with Gasteiger partial charge in [-0.1, -0.05) is 0 Å². The quantitative estimate of drug-likeness (QED) is 0.343. The Labute approximate surface area is 233 Å². The van der Waals surface area contributed by atoms with Crippen LogP contribution in [-0.4, -0.2) is 70.2 Å². The highest BCUT2D eigenvalue weighted by Gasteiger charge is 2.27. The van der Waals surface area contributed by atoms with Crippen molar-refractivity contribution in [3.05, 3.63) is 69.9 Å². The first-order valence-corrected chi connectivity index (χ1v) is 14.3. The van der Waals surface area contributed by atoms with Gasteiger partial charge in [-0.3, -0.25) is 4.79 Å². The number of nitrogens with one attached hydrogen (secondary N) is 1. The molecular formula is C29H37N5O4S. The molecule has 1 amide bonds. The third-order valence-electron chi connectivity index (χ3n) is 7.33. The molecule has 0 bridgehead atoms. The van der Waals surface area contributed by atoms with E-state index in [1.165, 1.54) is 11.9 Å². The van der Waals surface area contributed by atoms with Crippen LogP contribution in [0.15, 0.2) is 47.4 Å². The zero-order valence-electron chi connectivity index (χ0n) is 22.8. The van der Waals surface area contributed by atoms with Crippen LogP contribution < -0.4 is 15.0 Å². The Kier molecular flexibility index (Phi) is 9.89. The number of anilines is 1. The van der Waals surface area contributed by atoms with Crippen LogP contribution in [0.4, 0.5) is 5.69 Å². The van der Waals surface area contributed by atoms with Gasteiger partial charge in [-0.05, 0) is 86.7 Å². The second-order valence-corrected chi connectivity index (χ2v) is 10.8. The van der Waals surface area contributed by atoms with E-state index in [0.29, 0.717) is 41.3 Å². The number of carboxylic acids is 1. The summed E-state index contributed by atoms with van der Waals surface area (Å²) in [5, 5.41) is 16.2. The fourth-order valence-corrected chi connectivity index (χ4v) is 5.77. The fraction of sp³-hybridized carbons (Fsp3) is 0.448. The van der Waals surface area contributed by atoms with E-state index in [9.17, 15) is 9.59 Å². The van der Waals surface area contributed by atoms with Crippen LogP contribution in [-0.2, 0) is 11.3 Å². The molecule has 3 aromatic rings. The third-order valence-corrected chi connectivity index (χ3v) is 8.06. The summed E-state index contributed by atoms with van der Waals surface area (Å²) < 4.78 is 5.32. The van der Waals surface area contributed by atoms with Crippen LogP contribution in [0.5, 0.6) is 5.75 Å². The molecule has 1 aromatic carbocycles. The van der Waals surface area contributed by atoms with Gasteiger partial charge >= 0.3 is 5.97 Å². The average molecular weight is 552 g/mol. The van der Waals surface area contributed by atoms with Gasteiger partial charge in [-0.15, -0.1) is 0 Å². The van der Waals surface area contributed by atoms with E-state index in [4.69, 9.17) is 9.84 Å². The molecule has 4 rings (SSSR count). The van der Waals surface area contributed by atoms with E-state index in [2.05, 4.69) is 48.8 Å². The number of ether oxygens (including phenoxy) is 1. The number of hydrogen-bond donors (Lipinski definition) is 2. The smallest absolute Gasteiger partial charge is 0.341 e. The SMILES string of the molecule is Cc1ncnc(C)c1C(=O)NCCC(C)N1CCC(N(Cc2ccsc2)c2ccc(OCC(=O)O)cc2)CC1. The summed E-state index contributed by atoms with van der Waals surface area (Å²) in [5.41, 5.74) is 4.35. The lowest BCUT2D eigenvalue weighted by Gasteiger charge is -2.42. The lowest BCUT2D eigenvalue weighted by atomic mass is 9.99. The van der Waals surface area contributed by atoms with Crippen molar-refractivity contribution in [2.75, 3.05) is 31.1 Å². The monoisotopic (exact) mass is 551 g/mol. The van der Waals surface area contributed by atoms with E-state index in [1.54, 1.807) is 11.3 Å². The van der Waals surface area contributed by atoms with Gasteiger partial charge in [0.1, 0.15) is 12.1 Å². The first-order chi connectivity index (χ1) is 18.8. The number of thiophene rings is 1. The summed E-state index contributed by atoms with van der Waals surface area (Å²) in [6.45, 7) is 8.96. The maximum Gasteiger partial charge on any atom is 0.341 e. The summed E-state index contributed by atoms with van der Waals surface area (Å²) in [6, 6.07) is 10.6. The third kappa shape index (κ3) is 7.77. The van der Waals surface area contributed by atoms with Crippen molar-refractivity contribution in [3.8, 4) is 5.75 Å². The molecule has 1 saturated heterocycles. The van der Waals surface area contributed by atoms with Gasteiger partial charge in [0.05, 0.1) is 17.0 Å². The van der Waals surface area contributed by atoms with Gasteiger partial charge < -0.3 is 25.0 Å². The molecule has 0 aliphatic carbocycles. The van der Waals surface area contributed by atoms with E-state index < -0.39 is 5.97 Å². The molecule has 39 heavy (non-hydrogen) atoms. The molecule has 0 spiro atoms. The maximum absolute atomic E-state index is 12.7. The Hall–Kier alpha value is -3.50. The molecule has 0 radical (unpaired) electrons. The number of aliphatic carboxylic acids is 1. The van der Waals surface area contributed by atoms with E-state index in [1.807, 2.05) is 38.1 Å². The number of nitrogens with zero attached hydrogens (tertiary/aromatic N) is 4. The molecule has 1 unspecified atom stereocenters. The predicted octanol–water partition coefficient (Wildman–Crippen LogP) is 4.30. The van der Waals surface area contributed by atoms with Crippen molar-refractivity contribution >= 4 is 28.9 Å². The van der Waals surface area contributed by atoms with Gasteiger partial charge in [0.2, 0.25) is 0 Å². The highest BCUT2D eigenvalue weighted by atomic mass is 32.1. The van der Waals surface area contributed by atoms with Crippen LogP contribution in [0.1, 0.15) is 53.5 Å². The normalized spacial score (nSPS) is 15.1. The first-order valence-electron chi connectivity index (χ1n) is 13.3.